The average molecular weight is 227 g/mol. The summed E-state index contributed by atoms with van der Waals surface area (Å²) in [5.74, 6) is 0. The molecular formula is C12H19ClN2. The van der Waals surface area contributed by atoms with Crippen molar-refractivity contribution in [2.45, 2.75) is 32.4 Å². The second kappa shape index (κ2) is 4.97. The maximum absolute atomic E-state index is 6.06. The predicted octanol–water partition coefficient (Wildman–Crippen LogP) is 2.73. The number of nitrogens with two attached hydrogens (primary N) is 1. The third kappa shape index (κ3) is 4.20. The van der Waals surface area contributed by atoms with Crippen LogP contribution in [-0.4, -0.2) is 12.1 Å². The summed E-state index contributed by atoms with van der Waals surface area (Å²) in [6.45, 7) is 7.08. The second-order valence-electron chi connectivity index (χ2n) is 4.76. The first-order valence-corrected chi connectivity index (χ1v) is 5.53. The van der Waals surface area contributed by atoms with Crippen molar-refractivity contribution < 1.29 is 0 Å². The van der Waals surface area contributed by atoms with Crippen molar-refractivity contribution in [3.8, 4) is 0 Å². The molecule has 3 N–H and O–H groups in total. The summed E-state index contributed by atoms with van der Waals surface area (Å²) in [7, 11) is 0. The number of halogens is 1. The third-order valence-corrected chi connectivity index (χ3v) is 2.50. The Labute approximate surface area is 96.8 Å². The number of nitrogens with one attached hydrogen (secondary N) is 1. The summed E-state index contributed by atoms with van der Waals surface area (Å²) < 4.78 is 0. The van der Waals surface area contributed by atoms with Crippen molar-refractivity contribution >= 4 is 11.6 Å². The summed E-state index contributed by atoms with van der Waals surface area (Å²) >= 11 is 6.06. The van der Waals surface area contributed by atoms with Gasteiger partial charge in [0.2, 0.25) is 0 Å². The van der Waals surface area contributed by atoms with Gasteiger partial charge < -0.3 is 11.1 Å². The Kier molecular flexibility index (Phi) is 4.14. The lowest BCUT2D eigenvalue weighted by molar-refractivity contribution is 0.408. The Hall–Kier alpha value is -0.570. The fraction of sp³-hybridized carbons (Fsp3) is 0.500. The third-order valence-electron chi connectivity index (χ3n) is 2.16. The standard InChI is InChI=1S/C12H19ClN2/c1-12(2,3)15-8-11(14)9-6-4-5-7-10(9)13/h4-7,11,15H,8,14H2,1-3H3. The molecule has 0 bridgehead atoms. The number of hydrogen-bond donors (Lipinski definition) is 2. The van der Waals surface area contributed by atoms with E-state index in [1.54, 1.807) is 0 Å². The average Bonchev–Trinajstić information content (AvgIpc) is 2.14. The van der Waals surface area contributed by atoms with Crippen molar-refractivity contribution in [3.63, 3.8) is 0 Å². The molecule has 84 valence electrons. The van der Waals surface area contributed by atoms with Gasteiger partial charge in [-0.2, -0.15) is 0 Å². The van der Waals surface area contributed by atoms with Gasteiger partial charge in [0.15, 0.2) is 0 Å². The molecule has 0 saturated carbocycles. The smallest absolute Gasteiger partial charge is 0.0454 e. The van der Waals surface area contributed by atoms with Crippen LogP contribution in [0.4, 0.5) is 0 Å². The van der Waals surface area contributed by atoms with E-state index in [1.807, 2.05) is 24.3 Å². The monoisotopic (exact) mass is 226 g/mol. The molecule has 0 amide bonds. The van der Waals surface area contributed by atoms with E-state index in [-0.39, 0.29) is 11.6 Å². The molecule has 1 unspecified atom stereocenters. The lowest BCUT2D eigenvalue weighted by Gasteiger charge is -2.23. The SMILES string of the molecule is CC(C)(C)NCC(N)c1ccccc1Cl. The highest BCUT2D eigenvalue weighted by Crippen LogP contribution is 2.20. The quantitative estimate of drug-likeness (QED) is 0.832. The van der Waals surface area contributed by atoms with E-state index in [9.17, 15) is 0 Å². The fourth-order valence-electron chi connectivity index (χ4n) is 1.30. The van der Waals surface area contributed by atoms with Gasteiger partial charge in [0, 0.05) is 23.1 Å². The van der Waals surface area contributed by atoms with Crippen LogP contribution in [0, 0.1) is 0 Å². The molecular weight excluding hydrogens is 208 g/mol. The van der Waals surface area contributed by atoms with E-state index in [0.717, 1.165) is 17.1 Å². The van der Waals surface area contributed by atoms with Crippen LogP contribution < -0.4 is 11.1 Å². The van der Waals surface area contributed by atoms with Gasteiger partial charge in [-0.15, -0.1) is 0 Å². The Morgan fingerprint density at radius 1 is 1.33 bits per heavy atom. The van der Waals surface area contributed by atoms with Crippen molar-refractivity contribution in [2.24, 2.45) is 5.73 Å². The van der Waals surface area contributed by atoms with Gasteiger partial charge in [-0.3, -0.25) is 0 Å². The molecule has 0 radical (unpaired) electrons. The minimum Gasteiger partial charge on any atom is -0.323 e. The van der Waals surface area contributed by atoms with Gasteiger partial charge in [0.25, 0.3) is 0 Å². The van der Waals surface area contributed by atoms with Crippen LogP contribution in [0.1, 0.15) is 32.4 Å². The van der Waals surface area contributed by atoms with Gasteiger partial charge in [-0.1, -0.05) is 29.8 Å². The van der Waals surface area contributed by atoms with Gasteiger partial charge in [-0.25, -0.2) is 0 Å². The first-order chi connectivity index (χ1) is 6.90. The van der Waals surface area contributed by atoms with E-state index in [1.165, 1.54) is 0 Å². The normalized spacial score (nSPS) is 13.9. The highest BCUT2D eigenvalue weighted by molar-refractivity contribution is 6.31. The van der Waals surface area contributed by atoms with Crippen molar-refractivity contribution in [3.05, 3.63) is 34.9 Å². The zero-order valence-corrected chi connectivity index (χ0v) is 10.3. The topological polar surface area (TPSA) is 38.0 Å². The van der Waals surface area contributed by atoms with Crippen LogP contribution in [0.2, 0.25) is 5.02 Å². The molecule has 0 saturated heterocycles. The largest absolute Gasteiger partial charge is 0.323 e. The van der Waals surface area contributed by atoms with Crippen molar-refractivity contribution in [1.82, 2.24) is 5.32 Å². The van der Waals surface area contributed by atoms with Crippen LogP contribution in [-0.2, 0) is 0 Å². The lowest BCUT2D eigenvalue weighted by atomic mass is 10.0. The fourth-order valence-corrected chi connectivity index (χ4v) is 1.58. The van der Waals surface area contributed by atoms with Gasteiger partial charge in [-0.05, 0) is 32.4 Å². The van der Waals surface area contributed by atoms with Crippen LogP contribution in [0.25, 0.3) is 0 Å². The van der Waals surface area contributed by atoms with E-state index in [2.05, 4.69) is 26.1 Å². The first kappa shape index (κ1) is 12.5. The molecule has 0 aliphatic heterocycles. The molecule has 1 atom stereocenters. The van der Waals surface area contributed by atoms with E-state index in [4.69, 9.17) is 17.3 Å². The van der Waals surface area contributed by atoms with Crippen LogP contribution in [0.15, 0.2) is 24.3 Å². The minimum absolute atomic E-state index is 0.0575. The predicted molar refractivity (Wildman–Crippen MR) is 66.1 cm³/mol. The second-order valence-corrected chi connectivity index (χ2v) is 5.17. The van der Waals surface area contributed by atoms with E-state index >= 15 is 0 Å². The molecule has 0 fully saturated rings. The Morgan fingerprint density at radius 3 is 2.47 bits per heavy atom. The van der Waals surface area contributed by atoms with E-state index < -0.39 is 0 Å². The van der Waals surface area contributed by atoms with Crippen LogP contribution in [0.3, 0.4) is 0 Å². The summed E-state index contributed by atoms with van der Waals surface area (Å²) in [5.41, 5.74) is 7.13. The van der Waals surface area contributed by atoms with Gasteiger partial charge in [0.05, 0.1) is 0 Å². The first-order valence-electron chi connectivity index (χ1n) is 5.15. The summed E-state index contributed by atoms with van der Waals surface area (Å²) in [6, 6.07) is 7.65. The molecule has 0 heterocycles. The molecule has 15 heavy (non-hydrogen) atoms. The van der Waals surface area contributed by atoms with Crippen LogP contribution >= 0.6 is 11.6 Å². The molecule has 1 aromatic carbocycles. The molecule has 2 nitrogen and oxygen atoms in total. The lowest BCUT2D eigenvalue weighted by Crippen LogP contribution is -2.40. The number of benzene rings is 1. The summed E-state index contributed by atoms with van der Waals surface area (Å²) in [5, 5.41) is 4.10. The Balaban J connectivity index is 2.62. The molecule has 1 aromatic rings. The van der Waals surface area contributed by atoms with Crippen molar-refractivity contribution in [1.29, 1.82) is 0 Å². The van der Waals surface area contributed by atoms with E-state index in [0.29, 0.717) is 0 Å². The number of hydrogen-bond acceptors (Lipinski definition) is 2. The van der Waals surface area contributed by atoms with Crippen LogP contribution in [0.5, 0.6) is 0 Å². The molecule has 0 aliphatic carbocycles. The molecule has 0 aromatic heterocycles. The zero-order valence-electron chi connectivity index (χ0n) is 9.55. The maximum Gasteiger partial charge on any atom is 0.0454 e. The summed E-state index contributed by atoms with van der Waals surface area (Å²) in [6.07, 6.45) is 0. The highest BCUT2D eigenvalue weighted by atomic mass is 35.5. The molecule has 0 spiro atoms. The molecule has 1 rings (SSSR count). The number of rotatable bonds is 3. The highest BCUT2D eigenvalue weighted by Gasteiger charge is 2.13. The zero-order chi connectivity index (χ0) is 11.5. The minimum atomic E-state index is -0.0575. The molecule has 3 heteroatoms. The molecule has 0 aliphatic rings. The van der Waals surface area contributed by atoms with Gasteiger partial charge >= 0.3 is 0 Å². The Morgan fingerprint density at radius 2 is 1.93 bits per heavy atom. The Bertz CT molecular complexity index is 318. The summed E-state index contributed by atoms with van der Waals surface area (Å²) in [4.78, 5) is 0. The van der Waals surface area contributed by atoms with Crippen molar-refractivity contribution in [2.75, 3.05) is 6.54 Å². The van der Waals surface area contributed by atoms with Gasteiger partial charge in [0.1, 0.15) is 0 Å². The maximum atomic E-state index is 6.06.